The molecule has 1 saturated carbocycles. The van der Waals surface area contributed by atoms with Crippen LogP contribution in [0.4, 0.5) is 26.0 Å². The lowest BCUT2D eigenvalue weighted by Gasteiger charge is -2.39. The Balaban J connectivity index is 1.63. The van der Waals surface area contributed by atoms with Gasteiger partial charge in [0.05, 0.1) is 11.6 Å². The van der Waals surface area contributed by atoms with Crippen LogP contribution in [-0.2, 0) is 14.4 Å². The fourth-order valence-corrected chi connectivity index (χ4v) is 5.69. The fraction of sp³-hybridized carbons (Fsp3) is 0.323. The topological polar surface area (TPSA) is 110 Å². The zero-order valence-electron chi connectivity index (χ0n) is 23.5. The van der Waals surface area contributed by atoms with E-state index < -0.39 is 48.7 Å². The van der Waals surface area contributed by atoms with E-state index in [4.69, 9.17) is 11.6 Å². The lowest BCUT2D eigenvalue weighted by atomic mass is 9.87. The van der Waals surface area contributed by atoms with Crippen LogP contribution in [0.15, 0.2) is 66.9 Å². The number of hydrogen-bond donors (Lipinski definition) is 1. The molecule has 2 aromatic carbocycles. The van der Waals surface area contributed by atoms with E-state index in [1.165, 1.54) is 28.1 Å². The summed E-state index contributed by atoms with van der Waals surface area (Å²) in [5.41, 5.74) is 1.62. The van der Waals surface area contributed by atoms with Crippen molar-refractivity contribution in [2.24, 2.45) is 0 Å². The molecule has 43 heavy (non-hydrogen) atoms. The number of anilines is 3. The van der Waals surface area contributed by atoms with Gasteiger partial charge in [0.1, 0.15) is 17.9 Å². The first-order valence-electron chi connectivity index (χ1n) is 13.7. The van der Waals surface area contributed by atoms with Crippen molar-refractivity contribution in [2.45, 2.75) is 49.7 Å². The molecule has 1 aromatic heterocycles. The minimum atomic E-state index is -2.87. The van der Waals surface area contributed by atoms with E-state index in [2.05, 4.69) is 10.3 Å². The number of pyridine rings is 1. The summed E-state index contributed by atoms with van der Waals surface area (Å²) in [4.78, 5) is 50.5. The smallest absolute Gasteiger partial charge is 0.252 e. The molecule has 1 unspecified atom stereocenters. The monoisotopic (exact) mass is 606 g/mol. The third kappa shape index (κ3) is 6.15. The number of aromatic nitrogens is 1. The Morgan fingerprint density at radius 1 is 1.12 bits per heavy atom. The van der Waals surface area contributed by atoms with E-state index in [0.29, 0.717) is 5.69 Å². The van der Waals surface area contributed by atoms with Crippen molar-refractivity contribution in [3.63, 3.8) is 0 Å². The third-order valence-electron chi connectivity index (χ3n) is 7.62. The molecule has 1 aliphatic carbocycles. The molecule has 5 rings (SSSR count). The molecule has 9 nitrogen and oxygen atoms in total. The van der Waals surface area contributed by atoms with Crippen molar-refractivity contribution in [2.75, 3.05) is 28.8 Å². The van der Waals surface area contributed by atoms with E-state index in [0.717, 1.165) is 5.69 Å². The van der Waals surface area contributed by atoms with Crippen LogP contribution in [0.2, 0.25) is 5.02 Å². The van der Waals surface area contributed by atoms with Crippen LogP contribution in [0.1, 0.15) is 42.9 Å². The summed E-state index contributed by atoms with van der Waals surface area (Å²) in [6.07, 6.45) is 0.535. The highest BCUT2D eigenvalue weighted by Crippen LogP contribution is 2.40. The van der Waals surface area contributed by atoms with E-state index in [-0.39, 0.29) is 40.7 Å². The lowest BCUT2D eigenvalue weighted by Crippen LogP contribution is -2.56. The molecule has 0 spiro atoms. The molecule has 3 amide bonds. The van der Waals surface area contributed by atoms with Gasteiger partial charge < -0.3 is 10.2 Å². The Hall–Kier alpha value is -4.56. The second kappa shape index (κ2) is 12.0. The van der Waals surface area contributed by atoms with Gasteiger partial charge in [-0.05, 0) is 42.8 Å². The average molecular weight is 607 g/mol. The van der Waals surface area contributed by atoms with Crippen LogP contribution in [0.5, 0.6) is 0 Å². The summed E-state index contributed by atoms with van der Waals surface area (Å²) in [6.45, 7) is 0. The van der Waals surface area contributed by atoms with E-state index in [9.17, 15) is 28.4 Å². The molecule has 0 radical (unpaired) electrons. The van der Waals surface area contributed by atoms with Gasteiger partial charge in [-0.3, -0.25) is 24.2 Å². The molecule has 0 bridgehead atoms. The average Bonchev–Trinajstić information content (AvgIpc) is 3.36. The quantitative estimate of drug-likeness (QED) is 0.392. The van der Waals surface area contributed by atoms with Crippen LogP contribution in [0.25, 0.3) is 0 Å². The number of nitrogens with one attached hydrogen (secondary N) is 1. The molecule has 1 aliphatic heterocycles. The SMILES string of the molecule is CN(C)c1cccc(N(C(=O)C2CCC(=O)N2c2cc(C#N)ccn2)[C@H](C(=O)NC2CC(F)(F)C2)c2ccccc2Cl)c1. The molecule has 3 aromatic rings. The summed E-state index contributed by atoms with van der Waals surface area (Å²) in [5.74, 6) is -4.37. The highest BCUT2D eigenvalue weighted by Gasteiger charge is 2.48. The van der Waals surface area contributed by atoms with Crippen LogP contribution in [0, 0.1) is 11.3 Å². The maximum absolute atomic E-state index is 14.7. The van der Waals surface area contributed by atoms with Crippen molar-refractivity contribution < 1.29 is 23.2 Å². The van der Waals surface area contributed by atoms with Crippen molar-refractivity contribution in [3.8, 4) is 6.07 Å². The number of nitrogens with zero attached hydrogens (tertiary/aromatic N) is 5. The van der Waals surface area contributed by atoms with Crippen LogP contribution < -0.4 is 20.0 Å². The number of amides is 3. The highest BCUT2D eigenvalue weighted by atomic mass is 35.5. The zero-order chi connectivity index (χ0) is 30.9. The fourth-order valence-electron chi connectivity index (χ4n) is 5.45. The van der Waals surface area contributed by atoms with Gasteiger partial charge >= 0.3 is 0 Å². The molecule has 1 saturated heterocycles. The largest absolute Gasteiger partial charge is 0.378 e. The number of alkyl halides is 2. The number of rotatable bonds is 8. The molecule has 2 heterocycles. The van der Waals surface area contributed by atoms with Crippen LogP contribution >= 0.6 is 11.6 Å². The predicted octanol–water partition coefficient (Wildman–Crippen LogP) is 4.86. The lowest BCUT2D eigenvalue weighted by molar-refractivity contribution is -0.133. The molecule has 2 fully saturated rings. The Kier molecular flexibility index (Phi) is 8.33. The van der Waals surface area contributed by atoms with Gasteiger partial charge in [0.15, 0.2) is 0 Å². The normalized spacial score (nSPS) is 18.4. The standard InChI is InChI=1S/C31H29ClF2N6O3/c1-38(2)21-6-5-7-22(15-21)39(30(43)25-10-11-27(41)40(25)26-14-19(18-35)12-13-36-26)28(23-8-3-4-9-24(23)32)29(42)37-20-16-31(33,34)17-20/h3-9,12-15,20,25,28H,10-11,16-17H2,1-2H3,(H,37,42)/t25?,28-/m0/s1. The van der Waals surface area contributed by atoms with Gasteiger partial charge in [0.25, 0.3) is 11.8 Å². The first-order valence-corrected chi connectivity index (χ1v) is 14.1. The summed E-state index contributed by atoms with van der Waals surface area (Å²) in [6, 6.07) is 15.2. The molecule has 2 aliphatic rings. The van der Waals surface area contributed by atoms with Gasteiger partial charge in [-0.25, -0.2) is 13.8 Å². The minimum absolute atomic E-state index is 0.0422. The second-order valence-corrected chi connectivity index (χ2v) is 11.3. The summed E-state index contributed by atoms with van der Waals surface area (Å²) in [5, 5.41) is 12.3. The highest BCUT2D eigenvalue weighted by molar-refractivity contribution is 6.31. The minimum Gasteiger partial charge on any atom is -0.378 e. The number of nitriles is 1. The van der Waals surface area contributed by atoms with Crippen molar-refractivity contribution >= 4 is 46.5 Å². The third-order valence-corrected chi connectivity index (χ3v) is 7.97. The summed E-state index contributed by atoms with van der Waals surface area (Å²) in [7, 11) is 3.65. The maximum atomic E-state index is 14.7. The number of halogens is 3. The van der Waals surface area contributed by atoms with Crippen molar-refractivity contribution in [1.82, 2.24) is 10.3 Å². The first kappa shape index (κ1) is 29.9. The summed E-state index contributed by atoms with van der Waals surface area (Å²) < 4.78 is 27.4. The number of carbonyl (C=O) groups excluding carboxylic acids is 3. The summed E-state index contributed by atoms with van der Waals surface area (Å²) >= 11 is 6.60. The Morgan fingerprint density at radius 2 is 1.84 bits per heavy atom. The first-order chi connectivity index (χ1) is 20.5. The zero-order valence-corrected chi connectivity index (χ0v) is 24.3. The van der Waals surface area contributed by atoms with E-state index in [1.807, 2.05) is 31.1 Å². The van der Waals surface area contributed by atoms with E-state index >= 15 is 0 Å². The van der Waals surface area contributed by atoms with Crippen molar-refractivity contribution in [1.29, 1.82) is 5.26 Å². The molecule has 1 N–H and O–H groups in total. The maximum Gasteiger partial charge on any atom is 0.252 e. The van der Waals surface area contributed by atoms with Crippen LogP contribution in [0.3, 0.4) is 0 Å². The predicted molar refractivity (Wildman–Crippen MR) is 158 cm³/mol. The Morgan fingerprint density at radius 3 is 2.51 bits per heavy atom. The van der Waals surface area contributed by atoms with Crippen LogP contribution in [-0.4, -0.2) is 54.8 Å². The van der Waals surface area contributed by atoms with E-state index in [1.54, 1.807) is 42.5 Å². The second-order valence-electron chi connectivity index (χ2n) is 10.8. The molecular formula is C31H29ClF2N6O3. The van der Waals surface area contributed by atoms with Crippen molar-refractivity contribution in [3.05, 3.63) is 83.0 Å². The molecule has 2 atom stereocenters. The number of hydrogen-bond acceptors (Lipinski definition) is 6. The number of carbonyl (C=O) groups is 3. The van der Waals surface area contributed by atoms with Gasteiger partial charge in [0, 0.05) is 67.6 Å². The molecular weight excluding hydrogens is 578 g/mol. The van der Waals surface area contributed by atoms with Gasteiger partial charge in [0.2, 0.25) is 11.8 Å². The van der Waals surface area contributed by atoms with Gasteiger partial charge in [-0.1, -0.05) is 35.9 Å². The Bertz CT molecular complexity index is 1600. The van der Waals surface area contributed by atoms with Gasteiger partial charge in [-0.15, -0.1) is 0 Å². The Labute approximate surface area is 252 Å². The molecule has 12 heteroatoms. The van der Waals surface area contributed by atoms with Gasteiger partial charge in [-0.2, -0.15) is 5.26 Å². The molecule has 222 valence electrons. The number of benzene rings is 2.